The number of rotatable bonds is 2. The van der Waals surface area contributed by atoms with Gasteiger partial charge in [-0.25, -0.2) is 4.39 Å². The van der Waals surface area contributed by atoms with Crippen LogP contribution in [0.25, 0.3) is 0 Å². The van der Waals surface area contributed by atoms with Gasteiger partial charge in [-0.3, -0.25) is 4.79 Å². The van der Waals surface area contributed by atoms with Gasteiger partial charge in [0.2, 0.25) is 0 Å². The zero-order valence-electron chi connectivity index (χ0n) is 11.2. The van der Waals surface area contributed by atoms with Crippen molar-refractivity contribution in [3.63, 3.8) is 0 Å². The molecule has 1 aliphatic heterocycles. The summed E-state index contributed by atoms with van der Waals surface area (Å²) in [5.74, 6) is -0.369. The highest BCUT2D eigenvalue weighted by Crippen LogP contribution is 2.22. The minimum Gasteiger partial charge on any atom is -0.337 e. The molecule has 1 aliphatic rings. The molecule has 5 heteroatoms. The van der Waals surface area contributed by atoms with Crippen molar-refractivity contribution in [3.05, 3.63) is 34.1 Å². The lowest BCUT2D eigenvalue weighted by atomic mass is 10.0. The summed E-state index contributed by atoms with van der Waals surface area (Å²) in [6.07, 6.45) is 2.12. The number of hydrogen-bond donors (Lipinski definition) is 0. The van der Waals surface area contributed by atoms with E-state index in [0.717, 1.165) is 25.9 Å². The first-order valence-electron chi connectivity index (χ1n) is 6.40. The van der Waals surface area contributed by atoms with Gasteiger partial charge in [0, 0.05) is 23.6 Å². The van der Waals surface area contributed by atoms with Crippen molar-refractivity contribution in [1.29, 1.82) is 0 Å². The van der Waals surface area contributed by atoms with E-state index in [4.69, 9.17) is 0 Å². The lowest BCUT2D eigenvalue weighted by Gasteiger charge is -2.36. The van der Waals surface area contributed by atoms with Crippen LogP contribution in [0.15, 0.2) is 22.7 Å². The molecule has 0 aromatic heterocycles. The molecule has 1 aromatic rings. The number of likely N-dealkylation sites (tertiary alicyclic amines) is 1. The van der Waals surface area contributed by atoms with Gasteiger partial charge < -0.3 is 9.80 Å². The average Bonchev–Trinajstić information content (AvgIpc) is 2.38. The Bertz CT molecular complexity index is 479. The van der Waals surface area contributed by atoms with Crippen molar-refractivity contribution >= 4 is 21.8 Å². The molecule has 0 bridgehead atoms. The molecule has 0 saturated carbocycles. The van der Waals surface area contributed by atoms with Gasteiger partial charge in [-0.05, 0) is 61.1 Å². The lowest BCUT2D eigenvalue weighted by molar-refractivity contribution is 0.0634. The topological polar surface area (TPSA) is 23.6 Å². The number of piperidine rings is 1. The van der Waals surface area contributed by atoms with Crippen LogP contribution in [0.1, 0.15) is 23.2 Å². The summed E-state index contributed by atoms with van der Waals surface area (Å²) in [6, 6.07) is 4.60. The second-order valence-corrected chi connectivity index (χ2v) is 5.99. The van der Waals surface area contributed by atoms with Crippen LogP contribution in [0.2, 0.25) is 0 Å². The quantitative estimate of drug-likeness (QED) is 0.833. The molecule has 1 atom stereocenters. The van der Waals surface area contributed by atoms with Crippen LogP contribution in [0.3, 0.4) is 0 Å². The number of nitrogens with zero attached hydrogens (tertiary/aromatic N) is 2. The first-order valence-corrected chi connectivity index (χ1v) is 7.19. The molecule has 0 radical (unpaired) electrons. The Morgan fingerprint density at radius 3 is 2.84 bits per heavy atom. The number of hydrogen-bond acceptors (Lipinski definition) is 2. The first-order chi connectivity index (χ1) is 8.99. The summed E-state index contributed by atoms with van der Waals surface area (Å²) in [4.78, 5) is 16.5. The molecule has 19 heavy (non-hydrogen) atoms. The molecule has 2 rings (SSSR count). The predicted octanol–water partition coefficient (Wildman–Crippen LogP) is 2.75. The SMILES string of the molecule is CN(C)[C@H]1CCCN(C(=O)c2ccc(F)cc2Br)C1. The van der Waals surface area contributed by atoms with Crippen LogP contribution in [-0.4, -0.2) is 48.9 Å². The number of amides is 1. The number of benzene rings is 1. The van der Waals surface area contributed by atoms with Gasteiger partial charge in [-0.1, -0.05) is 0 Å². The van der Waals surface area contributed by atoms with Crippen molar-refractivity contribution in [2.24, 2.45) is 0 Å². The second kappa shape index (κ2) is 6.01. The molecule has 104 valence electrons. The Kier molecular flexibility index (Phi) is 4.58. The van der Waals surface area contributed by atoms with Gasteiger partial charge in [-0.2, -0.15) is 0 Å². The van der Waals surface area contributed by atoms with E-state index in [1.54, 1.807) is 6.07 Å². The van der Waals surface area contributed by atoms with E-state index in [1.807, 2.05) is 19.0 Å². The highest BCUT2D eigenvalue weighted by Gasteiger charge is 2.26. The summed E-state index contributed by atoms with van der Waals surface area (Å²) in [7, 11) is 4.07. The van der Waals surface area contributed by atoms with Crippen LogP contribution in [0.4, 0.5) is 4.39 Å². The van der Waals surface area contributed by atoms with Gasteiger partial charge in [0.1, 0.15) is 5.82 Å². The van der Waals surface area contributed by atoms with E-state index >= 15 is 0 Å². The monoisotopic (exact) mass is 328 g/mol. The fourth-order valence-corrected chi connectivity index (χ4v) is 2.91. The van der Waals surface area contributed by atoms with Crippen LogP contribution < -0.4 is 0 Å². The van der Waals surface area contributed by atoms with Crippen molar-refractivity contribution in [2.75, 3.05) is 27.2 Å². The standard InChI is InChI=1S/C14H18BrFN2O/c1-17(2)11-4-3-7-18(9-11)14(19)12-6-5-10(16)8-13(12)15/h5-6,8,11H,3-4,7,9H2,1-2H3/t11-/m0/s1. The summed E-state index contributed by atoms with van der Waals surface area (Å²) < 4.78 is 13.6. The number of carbonyl (C=O) groups excluding carboxylic acids is 1. The van der Waals surface area contributed by atoms with Crippen molar-refractivity contribution < 1.29 is 9.18 Å². The first kappa shape index (κ1) is 14.5. The van der Waals surface area contributed by atoms with Gasteiger partial charge >= 0.3 is 0 Å². The molecule has 1 fully saturated rings. The summed E-state index contributed by atoms with van der Waals surface area (Å²) in [5.41, 5.74) is 0.529. The third-order valence-electron chi connectivity index (χ3n) is 3.58. The molecule has 1 amide bonds. The van der Waals surface area contributed by atoms with E-state index in [2.05, 4.69) is 20.8 Å². The van der Waals surface area contributed by atoms with Gasteiger partial charge in [0.05, 0.1) is 5.56 Å². The van der Waals surface area contributed by atoms with Crippen LogP contribution >= 0.6 is 15.9 Å². The molecule has 0 spiro atoms. The zero-order valence-corrected chi connectivity index (χ0v) is 12.8. The highest BCUT2D eigenvalue weighted by atomic mass is 79.9. The maximum atomic E-state index is 13.1. The second-order valence-electron chi connectivity index (χ2n) is 5.13. The Morgan fingerprint density at radius 2 is 2.21 bits per heavy atom. The normalized spacial score (nSPS) is 19.8. The largest absolute Gasteiger partial charge is 0.337 e. The van der Waals surface area contributed by atoms with Gasteiger partial charge in [0.25, 0.3) is 5.91 Å². The van der Waals surface area contributed by atoms with E-state index in [-0.39, 0.29) is 11.7 Å². The number of halogens is 2. The third-order valence-corrected chi connectivity index (χ3v) is 4.23. The zero-order chi connectivity index (χ0) is 14.0. The third kappa shape index (κ3) is 3.34. The minimum absolute atomic E-state index is 0.0292. The Balaban J connectivity index is 2.15. The van der Waals surface area contributed by atoms with Crippen molar-refractivity contribution in [3.8, 4) is 0 Å². The number of carbonyl (C=O) groups is 1. The number of likely N-dealkylation sites (N-methyl/N-ethyl adjacent to an activating group) is 1. The van der Waals surface area contributed by atoms with Crippen LogP contribution in [0.5, 0.6) is 0 Å². The molecular weight excluding hydrogens is 311 g/mol. The van der Waals surface area contributed by atoms with Gasteiger partial charge in [-0.15, -0.1) is 0 Å². The Labute approximate surface area is 121 Å². The predicted molar refractivity (Wildman–Crippen MR) is 76.7 cm³/mol. The highest BCUT2D eigenvalue weighted by molar-refractivity contribution is 9.10. The fourth-order valence-electron chi connectivity index (χ4n) is 2.39. The van der Waals surface area contributed by atoms with Gasteiger partial charge in [0.15, 0.2) is 0 Å². The molecule has 1 aromatic carbocycles. The van der Waals surface area contributed by atoms with Crippen LogP contribution in [0, 0.1) is 5.82 Å². The van der Waals surface area contributed by atoms with Crippen molar-refractivity contribution in [1.82, 2.24) is 9.80 Å². The molecule has 1 heterocycles. The maximum absolute atomic E-state index is 13.1. The van der Waals surface area contributed by atoms with E-state index < -0.39 is 0 Å². The molecule has 0 aliphatic carbocycles. The summed E-state index contributed by atoms with van der Waals surface area (Å²) >= 11 is 3.26. The Hall–Kier alpha value is -0.940. The molecule has 0 N–H and O–H groups in total. The average molecular weight is 329 g/mol. The molecule has 0 unspecified atom stereocenters. The van der Waals surface area contributed by atoms with E-state index in [0.29, 0.717) is 16.1 Å². The van der Waals surface area contributed by atoms with E-state index in [9.17, 15) is 9.18 Å². The summed E-state index contributed by atoms with van der Waals surface area (Å²) in [5, 5.41) is 0. The fraction of sp³-hybridized carbons (Fsp3) is 0.500. The van der Waals surface area contributed by atoms with Crippen molar-refractivity contribution in [2.45, 2.75) is 18.9 Å². The van der Waals surface area contributed by atoms with Crippen LogP contribution in [-0.2, 0) is 0 Å². The Morgan fingerprint density at radius 1 is 1.47 bits per heavy atom. The maximum Gasteiger partial charge on any atom is 0.255 e. The molecule has 1 saturated heterocycles. The molecule has 3 nitrogen and oxygen atoms in total. The van der Waals surface area contributed by atoms with E-state index in [1.165, 1.54) is 12.1 Å². The lowest BCUT2D eigenvalue weighted by Crippen LogP contribution is -2.47. The summed E-state index contributed by atoms with van der Waals surface area (Å²) in [6.45, 7) is 1.50. The molecular formula is C14H18BrFN2O. The minimum atomic E-state index is -0.340. The smallest absolute Gasteiger partial charge is 0.255 e.